The van der Waals surface area contributed by atoms with Gasteiger partial charge in [-0.05, 0) is 11.8 Å². The molecular weight excluding hydrogens is 170 g/mol. The van der Waals surface area contributed by atoms with Crippen molar-refractivity contribution in [1.82, 2.24) is 5.32 Å². The number of hydrogen-bond donors (Lipinski definition) is 3. The summed E-state index contributed by atoms with van der Waals surface area (Å²) in [4.78, 5) is 10.3. The third-order valence-corrected chi connectivity index (χ3v) is 1.96. The minimum Gasteiger partial charge on any atom is -0.480 e. The van der Waals surface area contributed by atoms with E-state index in [4.69, 9.17) is 10.2 Å². The molecular formula is C9H19NO3. The van der Waals surface area contributed by atoms with Crippen LogP contribution in [-0.2, 0) is 4.79 Å². The van der Waals surface area contributed by atoms with Gasteiger partial charge in [0.25, 0.3) is 0 Å². The second-order valence-electron chi connectivity index (χ2n) is 4.21. The fourth-order valence-corrected chi connectivity index (χ4v) is 1.18. The molecule has 0 bridgehead atoms. The van der Waals surface area contributed by atoms with Crippen LogP contribution in [0.15, 0.2) is 0 Å². The average molecular weight is 189 g/mol. The van der Waals surface area contributed by atoms with Gasteiger partial charge in [-0.1, -0.05) is 20.8 Å². The molecule has 1 unspecified atom stereocenters. The summed E-state index contributed by atoms with van der Waals surface area (Å²) in [6.45, 7) is 6.07. The number of rotatable bonds is 5. The lowest BCUT2D eigenvalue weighted by molar-refractivity contribution is -0.136. The van der Waals surface area contributed by atoms with Gasteiger partial charge in [0.05, 0.1) is 6.54 Å². The normalized spacial score (nSPS) is 14.2. The van der Waals surface area contributed by atoms with E-state index in [0.717, 1.165) is 0 Å². The maximum atomic E-state index is 10.3. The summed E-state index contributed by atoms with van der Waals surface area (Å²) in [5, 5.41) is 20.1. The van der Waals surface area contributed by atoms with Crippen LogP contribution in [0, 0.1) is 5.41 Å². The van der Waals surface area contributed by atoms with Gasteiger partial charge in [0.1, 0.15) is 0 Å². The zero-order chi connectivity index (χ0) is 10.5. The van der Waals surface area contributed by atoms with Crippen molar-refractivity contribution in [3.8, 4) is 0 Å². The monoisotopic (exact) mass is 189 g/mol. The zero-order valence-corrected chi connectivity index (χ0v) is 8.50. The maximum absolute atomic E-state index is 10.3. The molecule has 13 heavy (non-hydrogen) atoms. The van der Waals surface area contributed by atoms with E-state index >= 15 is 0 Å². The van der Waals surface area contributed by atoms with Crippen LogP contribution in [0.2, 0.25) is 0 Å². The van der Waals surface area contributed by atoms with Crippen molar-refractivity contribution < 1.29 is 15.0 Å². The number of carboxylic acid groups (broad SMARTS) is 1. The molecule has 0 saturated heterocycles. The molecule has 0 saturated carbocycles. The topological polar surface area (TPSA) is 69.6 Å². The van der Waals surface area contributed by atoms with Gasteiger partial charge in [-0.2, -0.15) is 0 Å². The first kappa shape index (κ1) is 12.4. The number of aliphatic hydroxyl groups excluding tert-OH is 1. The van der Waals surface area contributed by atoms with Crippen molar-refractivity contribution in [3.05, 3.63) is 0 Å². The molecule has 0 aliphatic rings. The van der Waals surface area contributed by atoms with Crippen molar-refractivity contribution >= 4 is 5.97 Å². The van der Waals surface area contributed by atoms with Crippen LogP contribution in [0.25, 0.3) is 0 Å². The molecule has 0 rings (SSSR count). The van der Waals surface area contributed by atoms with E-state index in [1.807, 2.05) is 20.8 Å². The van der Waals surface area contributed by atoms with Crippen molar-refractivity contribution in [2.75, 3.05) is 13.2 Å². The van der Waals surface area contributed by atoms with Gasteiger partial charge in [-0.3, -0.25) is 4.79 Å². The first-order valence-corrected chi connectivity index (χ1v) is 4.44. The van der Waals surface area contributed by atoms with Crippen LogP contribution >= 0.6 is 0 Å². The summed E-state index contributed by atoms with van der Waals surface area (Å²) in [6.07, 6.45) is 0.580. The van der Waals surface area contributed by atoms with E-state index in [1.165, 1.54) is 0 Å². The Morgan fingerprint density at radius 1 is 1.46 bits per heavy atom. The smallest absolute Gasteiger partial charge is 0.317 e. The maximum Gasteiger partial charge on any atom is 0.317 e. The highest BCUT2D eigenvalue weighted by Gasteiger charge is 2.23. The fourth-order valence-electron chi connectivity index (χ4n) is 1.18. The predicted octanol–water partition coefficient (Wildman–Crippen LogP) is 0.458. The van der Waals surface area contributed by atoms with Crippen LogP contribution in [0.3, 0.4) is 0 Å². The molecule has 0 aromatic carbocycles. The summed E-state index contributed by atoms with van der Waals surface area (Å²) in [7, 11) is 0. The SMILES string of the molecule is CC(C)(C)C(CCO)NCC(=O)O. The van der Waals surface area contributed by atoms with Crippen LogP contribution in [-0.4, -0.2) is 35.4 Å². The van der Waals surface area contributed by atoms with Crippen LogP contribution in [0.1, 0.15) is 27.2 Å². The van der Waals surface area contributed by atoms with E-state index < -0.39 is 5.97 Å². The number of nitrogens with one attached hydrogen (secondary N) is 1. The Morgan fingerprint density at radius 3 is 2.31 bits per heavy atom. The van der Waals surface area contributed by atoms with Gasteiger partial charge in [-0.15, -0.1) is 0 Å². The molecule has 78 valence electrons. The number of hydrogen-bond acceptors (Lipinski definition) is 3. The number of aliphatic hydroxyl groups is 1. The fraction of sp³-hybridized carbons (Fsp3) is 0.889. The summed E-state index contributed by atoms with van der Waals surface area (Å²) >= 11 is 0. The summed E-state index contributed by atoms with van der Waals surface area (Å²) in [6, 6.07) is 0.0357. The van der Waals surface area contributed by atoms with Gasteiger partial charge in [0.15, 0.2) is 0 Å². The number of aliphatic carboxylic acids is 1. The Labute approximate surface area is 79.0 Å². The molecule has 0 aliphatic carbocycles. The van der Waals surface area contributed by atoms with Gasteiger partial charge >= 0.3 is 5.97 Å². The molecule has 0 aliphatic heterocycles. The molecule has 0 aromatic heterocycles. The third-order valence-electron chi connectivity index (χ3n) is 1.96. The van der Waals surface area contributed by atoms with Crippen molar-refractivity contribution in [3.63, 3.8) is 0 Å². The summed E-state index contributed by atoms with van der Waals surface area (Å²) < 4.78 is 0. The third kappa shape index (κ3) is 5.60. The highest BCUT2D eigenvalue weighted by molar-refractivity contribution is 5.69. The molecule has 0 fully saturated rings. The molecule has 0 heterocycles. The van der Waals surface area contributed by atoms with Gasteiger partial charge in [-0.25, -0.2) is 0 Å². The Bertz CT molecular complexity index is 163. The van der Waals surface area contributed by atoms with E-state index in [1.54, 1.807) is 0 Å². The second-order valence-corrected chi connectivity index (χ2v) is 4.21. The Kier molecular flexibility index (Phi) is 4.95. The molecule has 4 heteroatoms. The first-order chi connectivity index (χ1) is 5.88. The molecule has 0 radical (unpaired) electrons. The minimum absolute atomic E-state index is 0.0296. The lowest BCUT2D eigenvalue weighted by Gasteiger charge is -2.30. The van der Waals surface area contributed by atoms with Crippen LogP contribution in [0.4, 0.5) is 0 Å². The van der Waals surface area contributed by atoms with Crippen LogP contribution in [0.5, 0.6) is 0 Å². The van der Waals surface area contributed by atoms with Crippen LogP contribution < -0.4 is 5.32 Å². The van der Waals surface area contributed by atoms with E-state index in [2.05, 4.69) is 5.32 Å². The Morgan fingerprint density at radius 2 is 2.00 bits per heavy atom. The summed E-state index contributed by atoms with van der Waals surface area (Å²) in [5.74, 6) is -0.868. The largest absolute Gasteiger partial charge is 0.480 e. The standard InChI is InChI=1S/C9H19NO3/c1-9(2,3)7(4-5-11)10-6-8(12)13/h7,10-11H,4-6H2,1-3H3,(H,12,13). The molecule has 3 N–H and O–H groups in total. The zero-order valence-electron chi connectivity index (χ0n) is 8.50. The highest BCUT2D eigenvalue weighted by Crippen LogP contribution is 2.21. The van der Waals surface area contributed by atoms with Crippen molar-refractivity contribution in [2.24, 2.45) is 5.41 Å². The molecule has 4 nitrogen and oxygen atoms in total. The van der Waals surface area contributed by atoms with Crippen molar-refractivity contribution in [2.45, 2.75) is 33.2 Å². The Balaban J connectivity index is 4.02. The van der Waals surface area contributed by atoms with Gasteiger partial charge < -0.3 is 15.5 Å². The quantitative estimate of drug-likeness (QED) is 0.587. The van der Waals surface area contributed by atoms with E-state index in [0.29, 0.717) is 6.42 Å². The van der Waals surface area contributed by atoms with Crippen molar-refractivity contribution in [1.29, 1.82) is 0 Å². The van der Waals surface area contributed by atoms with E-state index in [-0.39, 0.29) is 24.6 Å². The van der Waals surface area contributed by atoms with E-state index in [9.17, 15) is 4.79 Å². The molecule has 0 amide bonds. The molecule has 0 aromatic rings. The van der Waals surface area contributed by atoms with Gasteiger partial charge in [0, 0.05) is 12.6 Å². The summed E-state index contributed by atoms with van der Waals surface area (Å²) in [5.41, 5.74) is -0.0296. The Hall–Kier alpha value is -0.610. The van der Waals surface area contributed by atoms with Gasteiger partial charge in [0.2, 0.25) is 0 Å². The average Bonchev–Trinajstić information content (AvgIpc) is 1.95. The lowest BCUT2D eigenvalue weighted by atomic mass is 9.85. The number of carbonyl (C=O) groups is 1. The first-order valence-electron chi connectivity index (χ1n) is 4.44. The number of carboxylic acids is 1. The minimum atomic E-state index is -0.868. The molecule has 1 atom stereocenters. The lowest BCUT2D eigenvalue weighted by Crippen LogP contribution is -2.43. The second kappa shape index (κ2) is 5.19. The predicted molar refractivity (Wildman–Crippen MR) is 50.6 cm³/mol. The highest BCUT2D eigenvalue weighted by atomic mass is 16.4. The molecule has 0 spiro atoms.